The molecule has 2 fully saturated rings. The molecule has 1 aliphatic carbocycles. The first-order chi connectivity index (χ1) is 22.5. The average Bonchev–Trinajstić information content (AvgIpc) is 3.53. The van der Waals surface area contributed by atoms with Gasteiger partial charge in [0.2, 0.25) is 5.91 Å². The summed E-state index contributed by atoms with van der Waals surface area (Å²) < 4.78 is 15.7. The highest BCUT2D eigenvalue weighted by atomic mass is 16.6. The smallest absolute Gasteiger partial charge is 0.407 e. The molecule has 3 aromatic rings. The van der Waals surface area contributed by atoms with E-state index in [1.165, 1.54) is 12.1 Å². The number of piperidine rings is 1. The molecule has 0 saturated carbocycles. The van der Waals surface area contributed by atoms with Crippen molar-refractivity contribution in [1.29, 1.82) is 0 Å². The van der Waals surface area contributed by atoms with Crippen LogP contribution in [0.2, 0.25) is 0 Å². The molecule has 6 rings (SSSR count). The molecular formula is C33H35N3O11. The van der Waals surface area contributed by atoms with Crippen molar-refractivity contribution in [3.8, 4) is 16.9 Å². The van der Waals surface area contributed by atoms with Crippen molar-refractivity contribution in [3.05, 3.63) is 89.5 Å². The molecule has 248 valence electrons. The summed E-state index contributed by atoms with van der Waals surface area (Å²) in [7, 11) is 1.02. The third-order valence-electron chi connectivity index (χ3n) is 9.09. The summed E-state index contributed by atoms with van der Waals surface area (Å²) in [5, 5.41) is 58.1. The number of esters is 1. The number of aliphatic hydroxyl groups excluding tert-OH is 2. The molecule has 7 N–H and O–H groups in total. The number of phenolic OH excluding ortho intramolecular Hbond substituents is 1. The van der Waals surface area contributed by atoms with Crippen LogP contribution in [-0.2, 0) is 30.2 Å². The molecule has 0 spiro atoms. The minimum atomic E-state index is -2.25. The number of alkyl carbamates (subject to hydrolysis) is 1. The van der Waals surface area contributed by atoms with Gasteiger partial charge in [-0.25, -0.2) is 9.59 Å². The van der Waals surface area contributed by atoms with Gasteiger partial charge in [0.15, 0.2) is 6.23 Å². The van der Waals surface area contributed by atoms with E-state index in [1.54, 1.807) is 12.1 Å². The fraction of sp³-hybridized carbons (Fsp3) is 0.364. The molecule has 3 aliphatic rings. The summed E-state index contributed by atoms with van der Waals surface area (Å²) in [6.07, 6.45) is -6.24. The number of nitrogens with one attached hydrogen (secondary N) is 2. The maximum absolute atomic E-state index is 13.8. The van der Waals surface area contributed by atoms with Gasteiger partial charge in [-0.05, 0) is 39.9 Å². The minimum Gasteiger partial charge on any atom is -0.508 e. The van der Waals surface area contributed by atoms with Gasteiger partial charge in [-0.1, -0.05) is 60.7 Å². The Kier molecular flexibility index (Phi) is 8.89. The number of hydrogen-bond acceptors (Lipinski definition) is 12. The molecule has 2 heterocycles. The molecular weight excluding hydrogens is 614 g/mol. The van der Waals surface area contributed by atoms with Gasteiger partial charge in [-0.2, -0.15) is 5.06 Å². The molecule has 2 amide bonds. The lowest BCUT2D eigenvalue weighted by Crippen LogP contribution is -2.74. The Labute approximate surface area is 269 Å². The monoisotopic (exact) mass is 649 g/mol. The number of hydrogen-bond donors (Lipinski definition) is 7. The Morgan fingerprint density at radius 3 is 2.19 bits per heavy atom. The second kappa shape index (κ2) is 12.9. The van der Waals surface area contributed by atoms with Gasteiger partial charge >= 0.3 is 12.1 Å². The van der Waals surface area contributed by atoms with Gasteiger partial charge in [0, 0.05) is 12.3 Å². The number of aliphatic hydroxyl groups is 3. The summed E-state index contributed by atoms with van der Waals surface area (Å²) in [5.74, 6) is -2.28. The standard InChI is InChI=1S/C33H35N3O11/c1-45-31(41)25(26-27(38)33(43)16-47-30(28(33)39)36(26)44)35-29(40)24(14-17-10-12-18(37)13-11-17)34-32(42)46-15-23-21-8-4-2-6-19(21)20-7-3-5-9-22(20)23/h2-13,23-28,30,37-39,43-44H,14-16H2,1H3,(H,34,42)(H,35,40)/t24-,25?,26-,27-,28-,30-,33+/m0/s1. The number of carbonyl (C=O) groups is 3. The quantitative estimate of drug-likeness (QED) is 0.157. The second-order valence-electron chi connectivity index (χ2n) is 11.9. The number of nitrogens with zero attached hydrogens (tertiary/aromatic N) is 1. The molecule has 2 aliphatic heterocycles. The lowest BCUT2D eigenvalue weighted by Gasteiger charge is -2.46. The van der Waals surface area contributed by atoms with Crippen molar-refractivity contribution in [2.24, 2.45) is 0 Å². The number of phenols is 1. The van der Waals surface area contributed by atoms with E-state index in [-0.39, 0.29) is 24.7 Å². The Balaban J connectivity index is 1.21. The highest BCUT2D eigenvalue weighted by molar-refractivity contribution is 5.90. The minimum absolute atomic E-state index is 0.0173. The predicted molar refractivity (Wildman–Crippen MR) is 162 cm³/mol. The highest BCUT2D eigenvalue weighted by Gasteiger charge is 2.65. The summed E-state index contributed by atoms with van der Waals surface area (Å²) in [4.78, 5) is 39.9. The Hall–Kier alpha value is -4.57. The van der Waals surface area contributed by atoms with Crippen LogP contribution in [0.3, 0.4) is 0 Å². The number of carbonyl (C=O) groups excluding carboxylic acids is 3. The molecule has 2 saturated heterocycles. The van der Waals surface area contributed by atoms with Crippen molar-refractivity contribution >= 4 is 18.0 Å². The van der Waals surface area contributed by atoms with Crippen LogP contribution in [0.5, 0.6) is 5.75 Å². The summed E-state index contributed by atoms with van der Waals surface area (Å²) in [6, 6.07) is 16.6. The number of ether oxygens (including phenoxy) is 3. The lowest BCUT2D eigenvalue weighted by molar-refractivity contribution is -0.298. The topological polar surface area (TPSA) is 207 Å². The third kappa shape index (κ3) is 5.91. The van der Waals surface area contributed by atoms with Gasteiger partial charge in [0.1, 0.15) is 42.2 Å². The molecule has 3 aromatic carbocycles. The largest absolute Gasteiger partial charge is 0.508 e. The lowest BCUT2D eigenvalue weighted by atomic mass is 9.80. The summed E-state index contributed by atoms with van der Waals surface area (Å²) in [6.45, 7) is -0.587. The van der Waals surface area contributed by atoms with Crippen molar-refractivity contribution in [3.63, 3.8) is 0 Å². The van der Waals surface area contributed by atoms with Crippen LogP contribution in [0.15, 0.2) is 72.8 Å². The van der Waals surface area contributed by atoms with Gasteiger partial charge in [0.05, 0.1) is 19.8 Å². The summed E-state index contributed by atoms with van der Waals surface area (Å²) in [5.41, 5.74) is 2.33. The van der Waals surface area contributed by atoms with Gasteiger partial charge in [-0.3, -0.25) is 4.79 Å². The maximum Gasteiger partial charge on any atom is 0.407 e. The fourth-order valence-electron chi connectivity index (χ4n) is 6.59. The highest BCUT2D eigenvalue weighted by Crippen LogP contribution is 2.44. The van der Waals surface area contributed by atoms with E-state index in [0.29, 0.717) is 10.6 Å². The normalized spacial score (nSPS) is 26.1. The molecule has 7 atom stereocenters. The van der Waals surface area contributed by atoms with Crippen LogP contribution >= 0.6 is 0 Å². The Morgan fingerprint density at radius 1 is 0.957 bits per heavy atom. The molecule has 0 radical (unpaired) electrons. The van der Waals surface area contributed by atoms with E-state index in [4.69, 9.17) is 14.2 Å². The van der Waals surface area contributed by atoms with E-state index >= 15 is 0 Å². The molecule has 1 unspecified atom stereocenters. The van der Waals surface area contributed by atoms with Crippen molar-refractivity contribution in [2.45, 2.75) is 54.5 Å². The predicted octanol–water partition coefficient (Wildman–Crippen LogP) is 0.382. The Morgan fingerprint density at radius 2 is 1.57 bits per heavy atom. The van der Waals surface area contributed by atoms with Crippen LogP contribution < -0.4 is 10.6 Å². The first-order valence-corrected chi connectivity index (χ1v) is 15.0. The van der Waals surface area contributed by atoms with Gasteiger partial charge in [-0.15, -0.1) is 0 Å². The number of rotatable bonds is 9. The third-order valence-corrected chi connectivity index (χ3v) is 9.09. The number of aromatic hydroxyl groups is 1. The van der Waals surface area contributed by atoms with E-state index in [9.17, 15) is 40.0 Å². The SMILES string of the molecule is COC(=O)C(NC(=O)[C@H](Cc1ccc(O)cc1)NC(=O)OCC1c2ccccc2-c2ccccc21)[C@H]1[C@H](O)[C@]2(O)CO[C@@H]([C@@H]2O)N1O. The first kappa shape index (κ1) is 32.4. The zero-order chi connectivity index (χ0) is 33.5. The van der Waals surface area contributed by atoms with E-state index in [1.807, 2.05) is 48.5 Å². The number of benzene rings is 3. The van der Waals surface area contributed by atoms with Crippen molar-refractivity contribution < 1.29 is 54.2 Å². The van der Waals surface area contributed by atoms with Crippen LogP contribution in [0, 0.1) is 0 Å². The molecule has 2 bridgehead atoms. The van der Waals surface area contributed by atoms with Crippen molar-refractivity contribution in [2.75, 3.05) is 20.3 Å². The zero-order valence-corrected chi connectivity index (χ0v) is 25.2. The molecule has 14 heteroatoms. The van der Waals surface area contributed by atoms with Crippen molar-refractivity contribution in [1.82, 2.24) is 15.7 Å². The first-order valence-electron chi connectivity index (χ1n) is 15.0. The van der Waals surface area contributed by atoms with Gasteiger partial charge < -0.3 is 50.5 Å². The Bertz CT molecular complexity index is 1610. The zero-order valence-electron chi connectivity index (χ0n) is 25.2. The molecule has 0 aromatic heterocycles. The summed E-state index contributed by atoms with van der Waals surface area (Å²) >= 11 is 0. The number of amides is 2. The molecule has 47 heavy (non-hydrogen) atoms. The fourth-order valence-corrected chi connectivity index (χ4v) is 6.59. The van der Waals surface area contributed by atoms with Gasteiger partial charge in [0.25, 0.3) is 0 Å². The second-order valence-corrected chi connectivity index (χ2v) is 11.9. The van der Waals surface area contributed by atoms with Crippen LogP contribution in [-0.4, -0.2) is 111 Å². The number of hydroxylamine groups is 2. The number of fused-ring (bicyclic) bond motifs is 5. The maximum atomic E-state index is 13.8. The van der Waals surface area contributed by atoms with E-state index in [2.05, 4.69) is 10.6 Å². The van der Waals surface area contributed by atoms with E-state index in [0.717, 1.165) is 29.4 Å². The van der Waals surface area contributed by atoms with Crippen LogP contribution in [0.25, 0.3) is 11.1 Å². The van der Waals surface area contributed by atoms with E-state index < -0.39 is 66.7 Å². The van der Waals surface area contributed by atoms with Crippen LogP contribution in [0.1, 0.15) is 22.6 Å². The molecule has 14 nitrogen and oxygen atoms in total. The van der Waals surface area contributed by atoms with Crippen LogP contribution in [0.4, 0.5) is 4.79 Å². The number of methoxy groups -OCH3 is 1. The average molecular weight is 650 g/mol.